The van der Waals surface area contributed by atoms with Gasteiger partial charge in [0.2, 0.25) is 5.88 Å². The van der Waals surface area contributed by atoms with Gasteiger partial charge in [-0.25, -0.2) is 4.98 Å². The van der Waals surface area contributed by atoms with Crippen LogP contribution in [0.25, 0.3) is 22.5 Å². The Kier molecular flexibility index (Phi) is 4.87. The van der Waals surface area contributed by atoms with Gasteiger partial charge in [0.15, 0.2) is 5.82 Å². The molecule has 1 aromatic carbocycles. The lowest BCUT2D eigenvalue weighted by Crippen LogP contribution is -2.13. The van der Waals surface area contributed by atoms with E-state index in [4.69, 9.17) is 4.74 Å². The van der Waals surface area contributed by atoms with E-state index in [1.54, 1.807) is 31.9 Å². The quantitative estimate of drug-likeness (QED) is 0.514. The number of carbonyl (C=O) groups excluding carboxylic acids is 1. The van der Waals surface area contributed by atoms with Crippen molar-refractivity contribution < 1.29 is 9.53 Å². The van der Waals surface area contributed by atoms with Crippen molar-refractivity contribution in [3.05, 3.63) is 72.9 Å². The number of anilines is 1. The van der Waals surface area contributed by atoms with Gasteiger partial charge in [-0.15, -0.1) is 10.2 Å². The third-order valence-corrected chi connectivity index (χ3v) is 5.16. The predicted octanol–water partition coefficient (Wildman–Crippen LogP) is 4.00. The van der Waals surface area contributed by atoms with E-state index >= 15 is 0 Å². The average molecular weight is 412 g/mol. The molecule has 1 aliphatic rings. The van der Waals surface area contributed by atoms with E-state index in [0.717, 1.165) is 35.4 Å². The second-order valence-electron chi connectivity index (χ2n) is 7.32. The summed E-state index contributed by atoms with van der Waals surface area (Å²) in [5, 5.41) is 11.2. The first kappa shape index (κ1) is 18.9. The molecule has 0 aliphatic heterocycles. The molecule has 1 aliphatic carbocycles. The molecule has 1 N–H and O–H groups in total. The van der Waals surface area contributed by atoms with E-state index in [1.807, 2.05) is 42.5 Å². The van der Waals surface area contributed by atoms with Crippen LogP contribution in [-0.2, 0) is 0 Å². The second kappa shape index (κ2) is 7.98. The fourth-order valence-electron chi connectivity index (χ4n) is 3.50. The molecular formula is C23H20N6O2. The van der Waals surface area contributed by atoms with Crippen LogP contribution in [0.2, 0.25) is 0 Å². The number of rotatable bonds is 6. The van der Waals surface area contributed by atoms with Crippen LogP contribution in [0.15, 0.2) is 67.3 Å². The first-order chi connectivity index (χ1) is 15.2. The van der Waals surface area contributed by atoms with Crippen molar-refractivity contribution in [1.29, 1.82) is 0 Å². The van der Waals surface area contributed by atoms with Gasteiger partial charge in [-0.1, -0.05) is 12.1 Å². The lowest BCUT2D eigenvalue weighted by Gasteiger charge is -2.10. The van der Waals surface area contributed by atoms with E-state index in [0.29, 0.717) is 23.3 Å². The lowest BCUT2D eigenvalue weighted by atomic mass is 10.1. The number of amides is 1. The lowest BCUT2D eigenvalue weighted by molar-refractivity contribution is 0.102. The summed E-state index contributed by atoms with van der Waals surface area (Å²) in [7, 11) is 1.57. The van der Waals surface area contributed by atoms with Crippen LogP contribution in [-0.4, -0.2) is 37.7 Å². The Labute approximate surface area is 179 Å². The normalized spacial score (nSPS) is 13.1. The summed E-state index contributed by atoms with van der Waals surface area (Å²) in [6.45, 7) is 0. The number of benzene rings is 1. The van der Waals surface area contributed by atoms with Gasteiger partial charge in [-0.05, 0) is 54.8 Å². The minimum absolute atomic E-state index is 0.300. The zero-order valence-electron chi connectivity index (χ0n) is 16.9. The van der Waals surface area contributed by atoms with Crippen LogP contribution in [0, 0.1) is 0 Å². The van der Waals surface area contributed by atoms with Gasteiger partial charge in [-0.3, -0.25) is 9.78 Å². The van der Waals surface area contributed by atoms with Crippen molar-refractivity contribution in [1.82, 2.24) is 24.7 Å². The highest BCUT2D eigenvalue weighted by molar-refractivity contribution is 6.03. The van der Waals surface area contributed by atoms with Crippen molar-refractivity contribution in [2.24, 2.45) is 0 Å². The Balaban J connectivity index is 1.39. The highest BCUT2D eigenvalue weighted by Crippen LogP contribution is 2.37. The van der Waals surface area contributed by atoms with Crippen LogP contribution < -0.4 is 10.1 Å². The molecule has 154 valence electrons. The van der Waals surface area contributed by atoms with Crippen LogP contribution in [0.1, 0.15) is 29.4 Å². The number of nitrogens with zero attached hydrogens (tertiary/aromatic N) is 5. The SMILES string of the molecule is COc1ncccc1-c1ccnc(C(=O)Nc2cccc(-c3nncn3C3CC3)c2)c1. The van der Waals surface area contributed by atoms with Crippen molar-refractivity contribution in [3.63, 3.8) is 0 Å². The molecule has 0 radical (unpaired) electrons. The third-order valence-electron chi connectivity index (χ3n) is 5.16. The first-order valence-electron chi connectivity index (χ1n) is 9.99. The van der Waals surface area contributed by atoms with Gasteiger partial charge in [0.25, 0.3) is 5.91 Å². The molecule has 3 aromatic heterocycles. The number of methoxy groups -OCH3 is 1. The fraction of sp³-hybridized carbons (Fsp3) is 0.174. The highest BCUT2D eigenvalue weighted by atomic mass is 16.5. The minimum Gasteiger partial charge on any atom is -0.481 e. The van der Waals surface area contributed by atoms with Crippen molar-refractivity contribution in [2.45, 2.75) is 18.9 Å². The van der Waals surface area contributed by atoms with E-state index in [-0.39, 0.29) is 5.91 Å². The number of ether oxygens (including phenoxy) is 1. The Morgan fingerprint density at radius 1 is 1.06 bits per heavy atom. The Morgan fingerprint density at radius 2 is 1.97 bits per heavy atom. The molecule has 5 rings (SSSR count). The maximum atomic E-state index is 12.9. The second-order valence-corrected chi connectivity index (χ2v) is 7.32. The monoisotopic (exact) mass is 412 g/mol. The summed E-state index contributed by atoms with van der Waals surface area (Å²) < 4.78 is 7.42. The summed E-state index contributed by atoms with van der Waals surface area (Å²) in [5.74, 6) is 1.00. The molecule has 3 heterocycles. The Hall–Kier alpha value is -4.07. The predicted molar refractivity (Wildman–Crippen MR) is 116 cm³/mol. The Bertz CT molecular complexity index is 1250. The number of nitrogens with one attached hydrogen (secondary N) is 1. The van der Waals surface area contributed by atoms with Gasteiger partial charge in [0.1, 0.15) is 12.0 Å². The molecule has 0 bridgehead atoms. The first-order valence-corrected chi connectivity index (χ1v) is 9.99. The number of pyridine rings is 2. The highest BCUT2D eigenvalue weighted by Gasteiger charge is 2.26. The molecular weight excluding hydrogens is 392 g/mol. The summed E-state index contributed by atoms with van der Waals surface area (Å²) in [6.07, 6.45) is 7.32. The van der Waals surface area contributed by atoms with E-state index in [9.17, 15) is 4.79 Å². The number of aromatic nitrogens is 5. The summed E-state index contributed by atoms with van der Waals surface area (Å²) in [5.41, 5.74) is 3.47. The van der Waals surface area contributed by atoms with Gasteiger partial charge in [-0.2, -0.15) is 0 Å². The van der Waals surface area contributed by atoms with Crippen molar-refractivity contribution in [2.75, 3.05) is 12.4 Å². The maximum absolute atomic E-state index is 12.9. The standard InChI is InChI=1S/C23H20N6O2/c1-31-23-19(6-3-10-25-23)15-9-11-24-20(13-15)22(30)27-17-5-2-4-16(12-17)21-28-26-14-29(21)18-7-8-18/h2-6,9-14,18H,7-8H2,1H3,(H,27,30). The summed E-state index contributed by atoms with van der Waals surface area (Å²) in [6, 6.07) is 15.3. The third kappa shape index (κ3) is 3.87. The molecule has 0 atom stereocenters. The zero-order valence-corrected chi connectivity index (χ0v) is 16.9. The van der Waals surface area contributed by atoms with Crippen molar-refractivity contribution >= 4 is 11.6 Å². The largest absolute Gasteiger partial charge is 0.481 e. The topological polar surface area (TPSA) is 94.8 Å². The molecule has 1 fully saturated rings. The van der Waals surface area contributed by atoms with E-state index < -0.39 is 0 Å². The van der Waals surface area contributed by atoms with Crippen LogP contribution in [0.3, 0.4) is 0 Å². The van der Waals surface area contributed by atoms with E-state index in [1.165, 1.54) is 0 Å². The number of carbonyl (C=O) groups is 1. The minimum atomic E-state index is -0.300. The number of hydrogen-bond donors (Lipinski definition) is 1. The molecule has 0 unspecified atom stereocenters. The molecule has 8 heteroatoms. The average Bonchev–Trinajstić information content (AvgIpc) is 3.55. The molecule has 1 amide bonds. The smallest absolute Gasteiger partial charge is 0.274 e. The molecule has 1 saturated carbocycles. The number of hydrogen-bond acceptors (Lipinski definition) is 6. The van der Waals surface area contributed by atoms with Gasteiger partial charge in [0.05, 0.1) is 7.11 Å². The fourth-order valence-corrected chi connectivity index (χ4v) is 3.50. The summed E-state index contributed by atoms with van der Waals surface area (Å²) >= 11 is 0. The van der Waals surface area contributed by atoms with Crippen molar-refractivity contribution in [3.8, 4) is 28.4 Å². The van der Waals surface area contributed by atoms with Gasteiger partial charge >= 0.3 is 0 Å². The molecule has 4 aromatic rings. The summed E-state index contributed by atoms with van der Waals surface area (Å²) in [4.78, 5) is 21.3. The molecule has 0 spiro atoms. The Morgan fingerprint density at radius 3 is 2.81 bits per heavy atom. The molecule has 31 heavy (non-hydrogen) atoms. The van der Waals surface area contributed by atoms with Gasteiger partial charge in [0, 0.05) is 35.2 Å². The van der Waals surface area contributed by atoms with Crippen LogP contribution in [0.4, 0.5) is 5.69 Å². The molecule has 0 saturated heterocycles. The van der Waals surface area contributed by atoms with Crippen LogP contribution >= 0.6 is 0 Å². The van der Waals surface area contributed by atoms with Gasteiger partial charge < -0.3 is 14.6 Å². The molecule has 8 nitrogen and oxygen atoms in total. The van der Waals surface area contributed by atoms with E-state index in [2.05, 4.69) is 30.0 Å². The van der Waals surface area contributed by atoms with Crippen LogP contribution in [0.5, 0.6) is 5.88 Å². The zero-order chi connectivity index (χ0) is 21.2. The maximum Gasteiger partial charge on any atom is 0.274 e.